The van der Waals surface area contributed by atoms with Crippen molar-refractivity contribution in [3.8, 4) is 0 Å². The third-order valence-corrected chi connectivity index (χ3v) is 4.63. The van der Waals surface area contributed by atoms with Crippen molar-refractivity contribution < 1.29 is 0 Å². The predicted octanol–water partition coefficient (Wildman–Crippen LogP) is 1.32. The SMILES string of the molecule is O=c1n(CCSc2nnnn2Cc2ccccc2)nc2ccccn12. The summed E-state index contributed by atoms with van der Waals surface area (Å²) in [5.74, 6) is 0.652. The number of aryl methyl sites for hydroxylation is 1. The maximum Gasteiger partial charge on any atom is 0.350 e. The van der Waals surface area contributed by atoms with E-state index >= 15 is 0 Å². The van der Waals surface area contributed by atoms with E-state index < -0.39 is 0 Å². The van der Waals surface area contributed by atoms with Crippen molar-refractivity contribution in [2.45, 2.75) is 18.2 Å². The van der Waals surface area contributed by atoms with Gasteiger partial charge in [0.25, 0.3) is 0 Å². The molecule has 0 amide bonds. The summed E-state index contributed by atoms with van der Waals surface area (Å²) in [6.45, 7) is 1.11. The zero-order chi connectivity index (χ0) is 17.1. The van der Waals surface area contributed by atoms with Crippen LogP contribution in [0.5, 0.6) is 0 Å². The van der Waals surface area contributed by atoms with Crippen molar-refractivity contribution in [1.82, 2.24) is 34.4 Å². The monoisotopic (exact) mass is 353 g/mol. The third kappa shape index (κ3) is 3.31. The fourth-order valence-corrected chi connectivity index (χ4v) is 3.28. The van der Waals surface area contributed by atoms with Gasteiger partial charge in [0.05, 0.1) is 13.1 Å². The first-order valence-electron chi connectivity index (χ1n) is 7.78. The van der Waals surface area contributed by atoms with E-state index in [0.717, 1.165) is 10.7 Å². The van der Waals surface area contributed by atoms with Crippen LogP contribution in [0.4, 0.5) is 0 Å². The molecule has 4 rings (SSSR count). The molecule has 0 atom stereocenters. The smallest absolute Gasteiger partial charge is 0.250 e. The Labute approximate surface area is 147 Å². The summed E-state index contributed by atoms with van der Waals surface area (Å²) in [6, 6.07) is 15.5. The molecular formula is C16H15N7OS. The summed E-state index contributed by atoms with van der Waals surface area (Å²) in [4.78, 5) is 12.2. The Kier molecular flexibility index (Phi) is 4.30. The van der Waals surface area contributed by atoms with Crippen LogP contribution in [0.3, 0.4) is 0 Å². The molecule has 0 fully saturated rings. The van der Waals surface area contributed by atoms with Crippen LogP contribution < -0.4 is 5.69 Å². The standard InChI is InChI=1S/C16H15N7OS/c24-16-21-9-5-4-8-14(21)18-22(16)10-11-25-15-17-19-20-23(15)12-13-6-2-1-3-7-13/h1-9H,10-12H2. The molecule has 3 aromatic heterocycles. The first-order valence-corrected chi connectivity index (χ1v) is 8.77. The number of tetrazole rings is 1. The molecule has 0 radical (unpaired) electrons. The van der Waals surface area contributed by atoms with Crippen molar-refractivity contribution in [2.24, 2.45) is 0 Å². The van der Waals surface area contributed by atoms with E-state index in [-0.39, 0.29) is 5.69 Å². The predicted molar refractivity (Wildman–Crippen MR) is 93.5 cm³/mol. The van der Waals surface area contributed by atoms with Gasteiger partial charge in [-0.05, 0) is 28.1 Å². The number of aromatic nitrogens is 7. The average Bonchev–Trinajstić information content (AvgIpc) is 3.21. The van der Waals surface area contributed by atoms with Crippen LogP contribution in [0.15, 0.2) is 64.7 Å². The summed E-state index contributed by atoms with van der Waals surface area (Å²) >= 11 is 1.50. The Morgan fingerprint density at radius 1 is 1.00 bits per heavy atom. The largest absolute Gasteiger partial charge is 0.350 e. The van der Waals surface area contributed by atoms with Crippen LogP contribution in [0.2, 0.25) is 0 Å². The van der Waals surface area contributed by atoms with E-state index in [2.05, 4.69) is 20.6 Å². The Hall–Kier alpha value is -2.94. The van der Waals surface area contributed by atoms with Gasteiger partial charge in [0.1, 0.15) is 0 Å². The van der Waals surface area contributed by atoms with Crippen LogP contribution in [-0.4, -0.2) is 40.1 Å². The molecule has 25 heavy (non-hydrogen) atoms. The zero-order valence-electron chi connectivity index (χ0n) is 13.3. The van der Waals surface area contributed by atoms with Crippen LogP contribution in [0.25, 0.3) is 5.65 Å². The lowest BCUT2D eigenvalue weighted by molar-refractivity contribution is 0.600. The van der Waals surface area contributed by atoms with Crippen LogP contribution in [-0.2, 0) is 13.1 Å². The molecule has 9 heteroatoms. The second-order valence-corrected chi connectivity index (χ2v) is 6.45. The first kappa shape index (κ1) is 15.6. The van der Waals surface area contributed by atoms with E-state index in [1.165, 1.54) is 20.8 Å². The highest BCUT2D eigenvalue weighted by molar-refractivity contribution is 7.99. The van der Waals surface area contributed by atoms with E-state index in [1.54, 1.807) is 10.9 Å². The van der Waals surface area contributed by atoms with Gasteiger partial charge >= 0.3 is 5.69 Å². The van der Waals surface area contributed by atoms with Crippen LogP contribution >= 0.6 is 11.8 Å². The highest BCUT2D eigenvalue weighted by Crippen LogP contribution is 2.15. The fraction of sp³-hybridized carbons (Fsp3) is 0.188. The molecule has 0 bridgehead atoms. The number of pyridine rings is 1. The molecule has 0 aliphatic carbocycles. The van der Waals surface area contributed by atoms with Gasteiger partial charge in [0.2, 0.25) is 5.16 Å². The van der Waals surface area contributed by atoms with Crippen LogP contribution in [0, 0.1) is 0 Å². The molecule has 0 spiro atoms. The summed E-state index contributed by atoms with van der Waals surface area (Å²) in [5.41, 5.74) is 1.64. The summed E-state index contributed by atoms with van der Waals surface area (Å²) in [5, 5.41) is 16.9. The third-order valence-electron chi connectivity index (χ3n) is 3.70. The number of hydrogen-bond acceptors (Lipinski definition) is 6. The van der Waals surface area contributed by atoms with Crippen molar-refractivity contribution >= 4 is 17.4 Å². The molecular weight excluding hydrogens is 338 g/mol. The summed E-state index contributed by atoms with van der Waals surface area (Å²) in [6.07, 6.45) is 1.72. The van der Waals surface area contributed by atoms with E-state index in [0.29, 0.717) is 24.5 Å². The quantitative estimate of drug-likeness (QED) is 0.486. The highest BCUT2D eigenvalue weighted by atomic mass is 32.2. The Balaban J connectivity index is 1.43. The number of nitrogens with zero attached hydrogens (tertiary/aromatic N) is 7. The molecule has 0 unspecified atom stereocenters. The van der Waals surface area contributed by atoms with Crippen molar-refractivity contribution in [1.29, 1.82) is 0 Å². The van der Waals surface area contributed by atoms with Gasteiger partial charge in [0, 0.05) is 11.9 Å². The maximum atomic E-state index is 12.2. The van der Waals surface area contributed by atoms with E-state index in [4.69, 9.17) is 0 Å². The summed E-state index contributed by atoms with van der Waals surface area (Å²) in [7, 11) is 0. The number of benzene rings is 1. The van der Waals surface area contributed by atoms with Crippen molar-refractivity contribution in [3.05, 3.63) is 70.8 Å². The number of rotatable bonds is 6. The van der Waals surface area contributed by atoms with Gasteiger partial charge in [0.15, 0.2) is 5.65 Å². The van der Waals surface area contributed by atoms with Gasteiger partial charge in [-0.1, -0.05) is 48.2 Å². The Morgan fingerprint density at radius 3 is 2.68 bits per heavy atom. The second kappa shape index (κ2) is 6.89. The molecule has 126 valence electrons. The normalized spacial score (nSPS) is 11.2. The minimum absolute atomic E-state index is 0.139. The molecule has 0 aliphatic rings. The number of fused-ring (bicyclic) bond motifs is 1. The van der Waals surface area contributed by atoms with Gasteiger partial charge in [-0.3, -0.25) is 4.40 Å². The van der Waals surface area contributed by atoms with Gasteiger partial charge < -0.3 is 0 Å². The number of thioether (sulfide) groups is 1. The number of hydrogen-bond donors (Lipinski definition) is 0. The second-order valence-electron chi connectivity index (χ2n) is 5.39. The molecule has 0 aliphatic heterocycles. The van der Waals surface area contributed by atoms with E-state index in [9.17, 15) is 4.79 Å². The molecule has 1 aromatic carbocycles. The first-order chi connectivity index (χ1) is 12.3. The van der Waals surface area contributed by atoms with Crippen molar-refractivity contribution in [3.63, 3.8) is 0 Å². The minimum atomic E-state index is -0.139. The van der Waals surface area contributed by atoms with Crippen molar-refractivity contribution in [2.75, 3.05) is 5.75 Å². The Bertz CT molecular complexity index is 1040. The zero-order valence-corrected chi connectivity index (χ0v) is 14.1. The van der Waals surface area contributed by atoms with Crippen LogP contribution in [0.1, 0.15) is 5.56 Å². The topological polar surface area (TPSA) is 82.9 Å². The molecule has 0 saturated heterocycles. The summed E-state index contributed by atoms with van der Waals surface area (Å²) < 4.78 is 4.75. The van der Waals surface area contributed by atoms with E-state index in [1.807, 2.05) is 48.5 Å². The van der Waals surface area contributed by atoms with Gasteiger partial charge in [-0.15, -0.1) is 10.2 Å². The highest BCUT2D eigenvalue weighted by Gasteiger charge is 2.09. The lowest BCUT2D eigenvalue weighted by Gasteiger charge is -2.04. The molecule has 0 N–H and O–H groups in total. The fourth-order valence-electron chi connectivity index (χ4n) is 2.49. The molecule has 8 nitrogen and oxygen atoms in total. The molecule has 4 aromatic rings. The van der Waals surface area contributed by atoms with Gasteiger partial charge in [-0.2, -0.15) is 0 Å². The molecule has 3 heterocycles. The molecule has 0 saturated carbocycles. The minimum Gasteiger partial charge on any atom is -0.250 e. The lowest BCUT2D eigenvalue weighted by atomic mass is 10.2. The lowest BCUT2D eigenvalue weighted by Crippen LogP contribution is -2.22. The average molecular weight is 353 g/mol. The Morgan fingerprint density at radius 2 is 1.84 bits per heavy atom. The maximum absolute atomic E-state index is 12.2. The van der Waals surface area contributed by atoms with Gasteiger partial charge in [-0.25, -0.2) is 14.2 Å².